The third kappa shape index (κ3) is 6.95. The van der Waals surface area contributed by atoms with Crippen LogP contribution in [0.5, 0.6) is 0 Å². The smallest absolute Gasteiger partial charge is 0.315 e. The summed E-state index contributed by atoms with van der Waals surface area (Å²) in [5.74, 6) is 3.21. The van der Waals surface area contributed by atoms with E-state index in [1.165, 1.54) is 0 Å². The summed E-state index contributed by atoms with van der Waals surface area (Å²) in [4.78, 5) is 9.76. The van der Waals surface area contributed by atoms with Crippen LogP contribution in [0.25, 0.3) is 0 Å². The SMILES string of the molecule is NC(O)C#CCC(=O)O. The highest BCUT2D eigenvalue weighted by molar-refractivity contribution is 5.69. The molecule has 0 fully saturated rings. The molecular formula is C5H7NO3. The first kappa shape index (κ1) is 7.95. The fourth-order valence-electron chi connectivity index (χ4n) is 0.231. The lowest BCUT2D eigenvalue weighted by atomic mass is 10.4. The summed E-state index contributed by atoms with van der Waals surface area (Å²) < 4.78 is 0. The van der Waals surface area contributed by atoms with E-state index in [1.54, 1.807) is 0 Å². The molecule has 0 bridgehead atoms. The number of nitrogens with two attached hydrogens (primary N) is 1. The maximum absolute atomic E-state index is 9.76. The summed E-state index contributed by atoms with van der Waals surface area (Å²) in [7, 11) is 0. The summed E-state index contributed by atoms with van der Waals surface area (Å²) >= 11 is 0. The zero-order valence-corrected chi connectivity index (χ0v) is 4.66. The number of aliphatic carboxylic acids is 1. The van der Waals surface area contributed by atoms with Gasteiger partial charge in [0.2, 0.25) is 0 Å². The number of carbonyl (C=O) groups is 1. The van der Waals surface area contributed by atoms with Gasteiger partial charge in [-0.05, 0) is 0 Å². The van der Waals surface area contributed by atoms with Crippen LogP contribution in [0.1, 0.15) is 6.42 Å². The van der Waals surface area contributed by atoms with Crippen molar-refractivity contribution in [2.24, 2.45) is 5.73 Å². The van der Waals surface area contributed by atoms with Crippen molar-refractivity contribution in [1.29, 1.82) is 0 Å². The fourth-order valence-corrected chi connectivity index (χ4v) is 0.231. The molecule has 4 N–H and O–H groups in total. The highest BCUT2D eigenvalue weighted by Crippen LogP contribution is 1.73. The Labute approximate surface area is 52.3 Å². The second-order valence-electron chi connectivity index (χ2n) is 1.34. The molecule has 0 saturated carbocycles. The summed E-state index contributed by atoms with van der Waals surface area (Å²) in [6.07, 6.45) is -1.52. The molecule has 0 aromatic heterocycles. The fraction of sp³-hybridized carbons (Fsp3) is 0.400. The Morgan fingerprint density at radius 1 is 1.78 bits per heavy atom. The van der Waals surface area contributed by atoms with Crippen LogP contribution < -0.4 is 5.73 Å². The number of hydrogen-bond acceptors (Lipinski definition) is 3. The average Bonchev–Trinajstić information content (AvgIpc) is 1.63. The van der Waals surface area contributed by atoms with Crippen LogP contribution in [0.3, 0.4) is 0 Å². The molecule has 0 rings (SSSR count). The summed E-state index contributed by atoms with van der Waals surface area (Å²) in [5, 5.41) is 16.3. The number of carboxylic acids is 1. The summed E-state index contributed by atoms with van der Waals surface area (Å²) in [6, 6.07) is 0. The van der Waals surface area contributed by atoms with Gasteiger partial charge in [0.1, 0.15) is 6.42 Å². The van der Waals surface area contributed by atoms with E-state index in [-0.39, 0.29) is 6.42 Å². The maximum atomic E-state index is 9.76. The van der Waals surface area contributed by atoms with E-state index in [9.17, 15) is 4.79 Å². The van der Waals surface area contributed by atoms with E-state index < -0.39 is 12.2 Å². The lowest BCUT2D eigenvalue weighted by molar-refractivity contribution is -0.135. The van der Waals surface area contributed by atoms with Gasteiger partial charge in [0.15, 0.2) is 6.23 Å². The van der Waals surface area contributed by atoms with Crippen LogP contribution in [-0.4, -0.2) is 22.4 Å². The van der Waals surface area contributed by atoms with Crippen molar-refractivity contribution in [2.45, 2.75) is 12.6 Å². The van der Waals surface area contributed by atoms with E-state index >= 15 is 0 Å². The number of aliphatic hydroxyl groups excluding tert-OH is 1. The number of rotatable bonds is 1. The third-order valence-corrected chi connectivity index (χ3v) is 0.490. The molecule has 1 unspecified atom stereocenters. The molecule has 0 heterocycles. The predicted octanol–water partition coefficient (Wildman–Crippen LogP) is -1.26. The van der Waals surface area contributed by atoms with Crippen LogP contribution in [0, 0.1) is 11.8 Å². The zero-order chi connectivity index (χ0) is 7.28. The van der Waals surface area contributed by atoms with Gasteiger partial charge in [-0.2, -0.15) is 0 Å². The molecule has 0 aliphatic carbocycles. The van der Waals surface area contributed by atoms with Crippen molar-refractivity contribution in [3.8, 4) is 11.8 Å². The van der Waals surface area contributed by atoms with Crippen LogP contribution in [0.2, 0.25) is 0 Å². The Hall–Kier alpha value is -1.05. The van der Waals surface area contributed by atoms with E-state index in [2.05, 4.69) is 11.8 Å². The van der Waals surface area contributed by atoms with Gasteiger partial charge < -0.3 is 10.2 Å². The standard InChI is InChI=1S/C5H7NO3/c6-4(7)2-1-3-5(8)9/h4,7H,3,6H2,(H,8,9). The minimum absolute atomic E-state index is 0.283. The van der Waals surface area contributed by atoms with Gasteiger partial charge in [-0.25, -0.2) is 0 Å². The summed E-state index contributed by atoms with van der Waals surface area (Å²) in [6.45, 7) is 0. The van der Waals surface area contributed by atoms with Gasteiger partial charge in [-0.1, -0.05) is 11.8 Å². The highest BCUT2D eigenvalue weighted by Gasteiger charge is 1.88. The molecule has 0 saturated heterocycles. The first-order valence-electron chi connectivity index (χ1n) is 2.27. The molecule has 0 aromatic rings. The second kappa shape index (κ2) is 3.89. The molecular weight excluding hydrogens is 122 g/mol. The monoisotopic (exact) mass is 129 g/mol. The van der Waals surface area contributed by atoms with Crippen molar-refractivity contribution in [1.82, 2.24) is 0 Å². The first-order valence-corrected chi connectivity index (χ1v) is 2.27. The average molecular weight is 129 g/mol. The van der Waals surface area contributed by atoms with Gasteiger partial charge in [0.25, 0.3) is 0 Å². The van der Waals surface area contributed by atoms with E-state index in [0.29, 0.717) is 0 Å². The largest absolute Gasteiger partial charge is 0.481 e. The summed E-state index contributed by atoms with van der Waals surface area (Å²) in [5.41, 5.74) is 4.77. The third-order valence-electron chi connectivity index (χ3n) is 0.490. The molecule has 0 aliphatic rings. The van der Waals surface area contributed by atoms with E-state index in [1.807, 2.05) is 0 Å². The van der Waals surface area contributed by atoms with Gasteiger partial charge in [0.05, 0.1) is 0 Å². The van der Waals surface area contributed by atoms with Crippen molar-refractivity contribution in [3.05, 3.63) is 0 Å². The lowest BCUT2D eigenvalue weighted by Crippen LogP contribution is -2.15. The molecule has 4 nitrogen and oxygen atoms in total. The van der Waals surface area contributed by atoms with Gasteiger partial charge >= 0.3 is 5.97 Å². The molecule has 0 amide bonds. The van der Waals surface area contributed by atoms with Crippen LogP contribution in [-0.2, 0) is 4.79 Å². The maximum Gasteiger partial charge on any atom is 0.315 e. The minimum Gasteiger partial charge on any atom is -0.481 e. The molecule has 1 atom stereocenters. The Kier molecular flexibility index (Phi) is 3.44. The number of carboxylic acid groups (broad SMARTS) is 1. The quantitative estimate of drug-likeness (QED) is 0.305. The molecule has 0 aromatic carbocycles. The molecule has 9 heavy (non-hydrogen) atoms. The highest BCUT2D eigenvalue weighted by atomic mass is 16.4. The van der Waals surface area contributed by atoms with Crippen molar-refractivity contribution in [2.75, 3.05) is 0 Å². The van der Waals surface area contributed by atoms with Crippen LogP contribution in [0.4, 0.5) is 0 Å². The predicted molar refractivity (Wildman–Crippen MR) is 30.2 cm³/mol. The van der Waals surface area contributed by atoms with E-state index in [0.717, 1.165) is 0 Å². The number of aliphatic hydroxyl groups is 1. The number of hydrogen-bond donors (Lipinski definition) is 3. The van der Waals surface area contributed by atoms with Crippen LogP contribution in [0.15, 0.2) is 0 Å². The molecule has 4 heteroatoms. The zero-order valence-electron chi connectivity index (χ0n) is 4.66. The van der Waals surface area contributed by atoms with Gasteiger partial charge in [0, 0.05) is 0 Å². The minimum atomic E-state index is -1.23. The first-order chi connectivity index (χ1) is 4.13. The van der Waals surface area contributed by atoms with Crippen LogP contribution >= 0.6 is 0 Å². The van der Waals surface area contributed by atoms with Gasteiger partial charge in [-0.15, -0.1) is 0 Å². The van der Waals surface area contributed by atoms with Crippen molar-refractivity contribution < 1.29 is 15.0 Å². The Bertz CT molecular complexity index is 153. The lowest BCUT2D eigenvalue weighted by Gasteiger charge is -1.86. The van der Waals surface area contributed by atoms with Crippen molar-refractivity contribution >= 4 is 5.97 Å². The molecule has 0 radical (unpaired) electrons. The topological polar surface area (TPSA) is 83.5 Å². The Morgan fingerprint density at radius 2 is 2.33 bits per heavy atom. The molecule has 0 aliphatic heterocycles. The second-order valence-corrected chi connectivity index (χ2v) is 1.34. The molecule has 50 valence electrons. The Balaban J connectivity index is 3.50. The normalized spacial score (nSPS) is 11.3. The van der Waals surface area contributed by atoms with E-state index in [4.69, 9.17) is 15.9 Å². The van der Waals surface area contributed by atoms with Crippen molar-refractivity contribution in [3.63, 3.8) is 0 Å². The molecule has 0 spiro atoms. The van der Waals surface area contributed by atoms with Gasteiger partial charge in [-0.3, -0.25) is 10.5 Å². The Morgan fingerprint density at radius 3 is 2.67 bits per heavy atom.